The van der Waals surface area contributed by atoms with Gasteiger partial charge in [0.25, 0.3) is 0 Å². The van der Waals surface area contributed by atoms with E-state index in [1.807, 2.05) is 39.8 Å². The second-order valence-corrected chi connectivity index (χ2v) is 10.1. The normalized spacial score (nSPS) is 19.4. The highest BCUT2D eigenvalue weighted by Gasteiger charge is 2.27. The third-order valence-corrected chi connectivity index (χ3v) is 5.87. The molecule has 210 valence electrons. The molecule has 9 heteroatoms. The van der Waals surface area contributed by atoms with Gasteiger partial charge in [0, 0.05) is 23.4 Å². The molecule has 0 radical (unpaired) electrons. The van der Waals surface area contributed by atoms with Gasteiger partial charge < -0.3 is 25.2 Å². The number of esters is 1. The maximum absolute atomic E-state index is 12.5. The molecule has 1 heterocycles. The Morgan fingerprint density at radius 1 is 1.21 bits per heavy atom. The van der Waals surface area contributed by atoms with Crippen LogP contribution in [-0.2, 0) is 23.9 Å². The molecule has 38 heavy (non-hydrogen) atoms. The smallest absolute Gasteiger partial charge is 0.373 e. The van der Waals surface area contributed by atoms with Crippen LogP contribution in [-0.4, -0.2) is 48.2 Å². The van der Waals surface area contributed by atoms with Crippen molar-refractivity contribution in [2.75, 3.05) is 7.11 Å². The molecular weight excluding hydrogens is 508 g/mol. The molecule has 0 aromatic rings. The molecule has 0 spiro atoms. The number of hydrogen-bond donors (Lipinski definition) is 3. The Morgan fingerprint density at radius 2 is 1.89 bits per heavy atom. The lowest BCUT2D eigenvalue weighted by atomic mass is 9.97. The van der Waals surface area contributed by atoms with E-state index in [1.165, 1.54) is 19.4 Å². The molecule has 1 aliphatic heterocycles. The summed E-state index contributed by atoms with van der Waals surface area (Å²) in [5, 5.41) is 15.9. The number of aliphatic hydroxyl groups is 1. The fourth-order valence-electron chi connectivity index (χ4n) is 3.55. The zero-order chi connectivity index (χ0) is 28.7. The molecule has 4 atom stereocenters. The molecule has 8 nitrogen and oxygen atoms in total. The molecule has 0 aliphatic carbocycles. The number of carbonyl (C=O) groups is 3. The summed E-state index contributed by atoms with van der Waals surface area (Å²) >= 11 is 5.75. The van der Waals surface area contributed by atoms with Crippen LogP contribution in [0.15, 0.2) is 71.2 Å². The molecular formula is C29H41ClN2O6. The summed E-state index contributed by atoms with van der Waals surface area (Å²) in [4.78, 5) is 36.7. The van der Waals surface area contributed by atoms with E-state index in [1.54, 1.807) is 37.3 Å². The minimum Gasteiger partial charge on any atom is -0.490 e. The average molecular weight is 549 g/mol. The number of rotatable bonds is 14. The van der Waals surface area contributed by atoms with Gasteiger partial charge >= 0.3 is 5.97 Å². The van der Waals surface area contributed by atoms with Crippen LogP contribution in [0.5, 0.6) is 0 Å². The van der Waals surface area contributed by atoms with Crippen molar-refractivity contribution < 1.29 is 29.0 Å². The molecule has 1 aliphatic rings. The second-order valence-electron chi connectivity index (χ2n) is 9.50. The van der Waals surface area contributed by atoms with Gasteiger partial charge in [0.15, 0.2) is 5.76 Å². The standard InChI is InChI=1S/C29H41ClN2O6/c1-19(2)27(28(35)31-17-9-11-23(33)14-13-22(5)30)32-26(34)12-8-7-10-20(3)18-21(4)24-15-16-25(37-6)29(36)38-24/h7-10,12-13,16-19,21,23-24,27,33H,11,14-15H2,1-6H3,(H,31,35)(H,32,34)/t21-,23+,24-,27-/m0/s1. The molecule has 0 saturated carbocycles. The van der Waals surface area contributed by atoms with Crippen molar-refractivity contribution in [3.8, 4) is 0 Å². The Labute approximate surface area is 231 Å². The molecule has 0 saturated heterocycles. The van der Waals surface area contributed by atoms with Gasteiger partial charge in [0.05, 0.1) is 13.2 Å². The predicted molar refractivity (Wildman–Crippen MR) is 150 cm³/mol. The van der Waals surface area contributed by atoms with Gasteiger partial charge in [-0.15, -0.1) is 0 Å². The summed E-state index contributed by atoms with van der Waals surface area (Å²) in [6.45, 7) is 9.31. The molecule has 0 fully saturated rings. The summed E-state index contributed by atoms with van der Waals surface area (Å²) in [5.41, 5.74) is 0.949. The lowest BCUT2D eigenvalue weighted by Crippen LogP contribution is -2.48. The molecule has 2 amide bonds. The van der Waals surface area contributed by atoms with Crippen LogP contribution in [0.3, 0.4) is 0 Å². The number of amides is 2. The second kappa shape index (κ2) is 17.4. The van der Waals surface area contributed by atoms with Crippen molar-refractivity contribution in [3.05, 3.63) is 71.2 Å². The van der Waals surface area contributed by atoms with E-state index in [4.69, 9.17) is 21.1 Å². The minimum atomic E-state index is -0.721. The van der Waals surface area contributed by atoms with Crippen molar-refractivity contribution in [1.29, 1.82) is 0 Å². The Bertz CT molecular complexity index is 989. The summed E-state index contributed by atoms with van der Waals surface area (Å²) in [5.74, 6) is -1.10. The van der Waals surface area contributed by atoms with Crippen LogP contribution in [0.4, 0.5) is 0 Å². The summed E-state index contributed by atoms with van der Waals surface area (Å²) in [6, 6.07) is -0.721. The van der Waals surface area contributed by atoms with Gasteiger partial charge in [-0.05, 0) is 44.9 Å². The fraction of sp³-hybridized carbons (Fsp3) is 0.483. The summed E-state index contributed by atoms with van der Waals surface area (Å²) < 4.78 is 10.4. The number of nitrogens with one attached hydrogen (secondary N) is 2. The lowest BCUT2D eigenvalue weighted by Gasteiger charge is -2.25. The highest BCUT2D eigenvalue weighted by molar-refractivity contribution is 6.29. The van der Waals surface area contributed by atoms with E-state index in [-0.39, 0.29) is 29.6 Å². The Morgan fingerprint density at radius 3 is 2.50 bits per heavy atom. The molecule has 3 N–H and O–H groups in total. The van der Waals surface area contributed by atoms with Crippen LogP contribution in [0, 0.1) is 11.8 Å². The SMILES string of the molecule is COC1=CC[C@@H]([C@@H](C)C=C(C)C=CC=CC(=O)N[C@H](C(=O)NC=CC[C@@H](O)CC=C(C)Cl)C(C)C)OC1=O. The van der Waals surface area contributed by atoms with Crippen molar-refractivity contribution >= 4 is 29.4 Å². The summed E-state index contributed by atoms with van der Waals surface area (Å²) in [6.07, 6.45) is 15.6. The number of hydrogen-bond acceptors (Lipinski definition) is 6. The third kappa shape index (κ3) is 12.9. The van der Waals surface area contributed by atoms with Gasteiger partial charge in [-0.3, -0.25) is 9.59 Å². The highest BCUT2D eigenvalue weighted by Crippen LogP contribution is 2.22. The zero-order valence-corrected chi connectivity index (χ0v) is 23.8. The minimum absolute atomic E-state index is 0.000152. The van der Waals surface area contributed by atoms with Crippen LogP contribution in [0.1, 0.15) is 53.9 Å². The Kier molecular flexibility index (Phi) is 15.1. The van der Waals surface area contributed by atoms with Gasteiger partial charge in [-0.2, -0.15) is 0 Å². The maximum Gasteiger partial charge on any atom is 0.373 e. The largest absolute Gasteiger partial charge is 0.490 e. The van der Waals surface area contributed by atoms with Crippen molar-refractivity contribution in [3.63, 3.8) is 0 Å². The van der Waals surface area contributed by atoms with Gasteiger partial charge in [0.2, 0.25) is 11.8 Å². The number of ether oxygens (including phenoxy) is 2. The van der Waals surface area contributed by atoms with E-state index in [9.17, 15) is 19.5 Å². The van der Waals surface area contributed by atoms with Gasteiger partial charge in [-0.1, -0.05) is 74.4 Å². The van der Waals surface area contributed by atoms with Crippen molar-refractivity contribution in [1.82, 2.24) is 10.6 Å². The van der Waals surface area contributed by atoms with Crippen LogP contribution in [0.2, 0.25) is 0 Å². The first-order valence-corrected chi connectivity index (χ1v) is 13.1. The third-order valence-electron chi connectivity index (χ3n) is 5.71. The first-order chi connectivity index (χ1) is 17.9. The van der Waals surface area contributed by atoms with Crippen LogP contribution in [0.25, 0.3) is 0 Å². The van der Waals surface area contributed by atoms with Crippen molar-refractivity contribution in [2.24, 2.45) is 11.8 Å². The zero-order valence-electron chi connectivity index (χ0n) is 23.1. The topological polar surface area (TPSA) is 114 Å². The maximum atomic E-state index is 12.5. The monoisotopic (exact) mass is 548 g/mol. The van der Waals surface area contributed by atoms with Crippen molar-refractivity contribution in [2.45, 2.75) is 72.1 Å². The van der Waals surface area contributed by atoms with E-state index >= 15 is 0 Å². The number of carbonyl (C=O) groups excluding carboxylic acids is 3. The Hall–Kier alpha value is -3.10. The van der Waals surface area contributed by atoms with E-state index in [2.05, 4.69) is 10.6 Å². The number of allylic oxidation sites excluding steroid dienone is 5. The highest BCUT2D eigenvalue weighted by atomic mass is 35.5. The molecule has 0 aromatic carbocycles. The fourth-order valence-corrected chi connectivity index (χ4v) is 3.64. The predicted octanol–water partition coefficient (Wildman–Crippen LogP) is 4.58. The Balaban J connectivity index is 2.56. The first kappa shape index (κ1) is 32.9. The van der Waals surface area contributed by atoms with Crippen LogP contribution < -0.4 is 10.6 Å². The number of halogens is 1. The van der Waals surface area contributed by atoms with Gasteiger partial charge in [-0.25, -0.2) is 4.79 Å². The lowest BCUT2D eigenvalue weighted by molar-refractivity contribution is -0.151. The number of methoxy groups -OCH3 is 1. The van der Waals surface area contributed by atoms with E-state index in [0.29, 0.717) is 24.3 Å². The quantitative estimate of drug-likeness (QED) is 0.166. The van der Waals surface area contributed by atoms with E-state index < -0.39 is 24.0 Å². The molecule has 0 unspecified atom stereocenters. The van der Waals surface area contributed by atoms with Gasteiger partial charge in [0.1, 0.15) is 12.1 Å². The van der Waals surface area contributed by atoms with E-state index in [0.717, 1.165) is 5.57 Å². The first-order valence-electron chi connectivity index (χ1n) is 12.7. The molecule has 0 bridgehead atoms. The number of aliphatic hydroxyl groups excluding tert-OH is 1. The average Bonchev–Trinajstić information content (AvgIpc) is 2.86. The molecule has 0 aromatic heterocycles. The summed E-state index contributed by atoms with van der Waals surface area (Å²) in [7, 11) is 1.44. The van der Waals surface area contributed by atoms with Crippen LogP contribution >= 0.6 is 11.6 Å². The molecule has 1 rings (SSSR count). The number of cyclic esters (lactones) is 1.